The van der Waals surface area contributed by atoms with E-state index in [2.05, 4.69) is 5.32 Å². The topological polar surface area (TPSA) is 41.6 Å². The van der Waals surface area contributed by atoms with Gasteiger partial charge in [-0.3, -0.25) is 4.79 Å². The predicted molar refractivity (Wildman–Crippen MR) is 89.7 cm³/mol. The highest BCUT2D eigenvalue weighted by Gasteiger charge is 2.27. The van der Waals surface area contributed by atoms with Gasteiger partial charge in [-0.05, 0) is 35.9 Å². The van der Waals surface area contributed by atoms with Crippen LogP contribution < -0.4 is 15.0 Å². The summed E-state index contributed by atoms with van der Waals surface area (Å²) in [6.45, 7) is 0. The van der Waals surface area contributed by atoms with Crippen molar-refractivity contribution in [1.82, 2.24) is 0 Å². The highest BCUT2D eigenvalue weighted by atomic mass is 16.5. The summed E-state index contributed by atoms with van der Waals surface area (Å²) in [5.41, 5.74) is 3.58. The largest absolute Gasteiger partial charge is 0.452 e. The number of carbonyl (C=O) groups is 1. The minimum Gasteiger partial charge on any atom is -0.452 e. The van der Waals surface area contributed by atoms with E-state index in [4.69, 9.17) is 4.74 Å². The van der Waals surface area contributed by atoms with Crippen molar-refractivity contribution in [3.8, 4) is 5.75 Å². The lowest BCUT2D eigenvalue weighted by Crippen LogP contribution is -2.08. The van der Waals surface area contributed by atoms with E-state index in [9.17, 15) is 4.79 Å². The highest BCUT2D eigenvalue weighted by molar-refractivity contribution is 6.14. The Morgan fingerprint density at radius 1 is 1.09 bits per heavy atom. The summed E-state index contributed by atoms with van der Waals surface area (Å²) in [6.07, 6.45) is 1.78. The van der Waals surface area contributed by atoms with Gasteiger partial charge in [0.2, 0.25) is 5.78 Å². The molecule has 112 valence electrons. The minimum absolute atomic E-state index is 0.0747. The Hall–Kier alpha value is -2.75. The van der Waals surface area contributed by atoms with E-state index in [1.807, 2.05) is 62.4 Å². The van der Waals surface area contributed by atoms with Crippen molar-refractivity contribution >= 4 is 23.2 Å². The highest BCUT2D eigenvalue weighted by Crippen LogP contribution is 2.34. The average Bonchev–Trinajstić information content (AvgIpc) is 2.83. The number of rotatable bonds is 3. The molecule has 0 unspecified atom stereocenters. The molecular weight excluding hydrogens is 276 g/mol. The SMILES string of the molecule is CNc1ccc2c(c1)O/C(=C\c1ccc(N(C)C)cc1)C2=O. The molecule has 0 radical (unpaired) electrons. The fraction of sp³-hybridized carbons (Fsp3) is 0.167. The lowest BCUT2D eigenvalue weighted by Gasteiger charge is -2.11. The fourth-order valence-electron chi connectivity index (χ4n) is 2.36. The quantitative estimate of drug-likeness (QED) is 0.881. The summed E-state index contributed by atoms with van der Waals surface area (Å²) in [5, 5.41) is 3.04. The normalized spacial score (nSPS) is 14.7. The summed E-state index contributed by atoms with van der Waals surface area (Å²) in [6, 6.07) is 13.5. The maximum Gasteiger partial charge on any atom is 0.231 e. The van der Waals surface area contributed by atoms with Gasteiger partial charge in [-0.2, -0.15) is 0 Å². The molecule has 0 amide bonds. The molecule has 0 bridgehead atoms. The van der Waals surface area contributed by atoms with Gasteiger partial charge in [-0.1, -0.05) is 12.1 Å². The molecular formula is C18H18N2O2. The second-order valence-electron chi connectivity index (χ2n) is 5.39. The number of ether oxygens (including phenoxy) is 1. The summed E-state index contributed by atoms with van der Waals surface area (Å²) >= 11 is 0. The Morgan fingerprint density at radius 3 is 2.45 bits per heavy atom. The molecule has 1 aliphatic heterocycles. The van der Waals surface area contributed by atoms with Crippen LogP contribution in [0.5, 0.6) is 5.75 Å². The molecule has 4 heteroatoms. The smallest absolute Gasteiger partial charge is 0.231 e. The van der Waals surface area contributed by atoms with Crippen LogP contribution in [0, 0.1) is 0 Å². The van der Waals surface area contributed by atoms with Crippen LogP contribution in [0.2, 0.25) is 0 Å². The van der Waals surface area contributed by atoms with Crippen molar-refractivity contribution in [3.05, 3.63) is 59.4 Å². The van der Waals surface area contributed by atoms with Crippen LogP contribution >= 0.6 is 0 Å². The lowest BCUT2D eigenvalue weighted by atomic mass is 10.1. The van der Waals surface area contributed by atoms with Crippen molar-refractivity contribution in [2.75, 3.05) is 31.4 Å². The molecule has 1 heterocycles. The molecule has 0 fully saturated rings. The number of hydrogen-bond acceptors (Lipinski definition) is 4. The van der Waals surface area contributed by atoms with Crippen LogP contribution in [0.1, 0.15) is 15.9 Å². The standard InChI is InChI=1S/C18H18N2O2/c1-19-13-6-9-15-16(11-13)22-17(18(15)21)10-12-4-7-14(8-5-12)20(2)3/h4-11,19H,1-3H3/b17-10-. The lowest BCUT2D eigenvalue weighted by molar-refractivity contribution is 0.101. The number of hydrogen-bond donors (Lipinski definition) is 1. The van der Waals surface area contributed by atoms with Gasteiger partial charge in [0.1, 0.15) is 5.75 Å². The third-order valence-electron chi connectivity index (χ3n) is 3.67. The first-order chi connectivity index (χ1) is 10.6. The van der Waals surface area contributed by atoms with Crippen molar-refractivity contribution in [2.45, 2.75) is 0 Å². The fourth-order valence-corrected chi connectivity index (χ4v) is 2.36. The van der Waals surface area contributed by atoms with Crippen LogP contribution in [0.25, 0.3) is 6.08 Å². The van der Waals surface area contributed by atoms with Crippen LogP contribution in [0.15, 0.2) is 48.2 Å². The Labute approximate surface area is 130 Å². The van der Waals surface area contributed by atoms with Crippen molar-refractivity contribution < 1.29 is 9.53 Å². The van der Waals surface area contributed by atoms with E-state index < -0.39 is 0 Å². The molecule has 0 aromatic heterocycles. The number of Topliss-reactive ketones (excluding diaryl/α,β-unsaturated/α-hetero) is 1. The molecule has 22 heavy (non-hydrogen) atoms. The summed E-state index contributed by atoms with van der Waals surface area (Å²) in [4.78, 5) is 14.4. The van der Waals surface area contributed by atoms with Gasteiger partial charge in [0.05, 0.1) is 5.56 Å². The Balaban J connectivity index is 1.88. The van der Waals surface area contributed by atoms with E-state index in [-0.39, 0.29) is 5.78 Å². The molecule has 2 aromatic rings. The summed E-state index contributed by atoms with van der Waals surface area (Å²) in [7, 11) is 5.82. The summed E-state index contributed by atoms with van der Waals surface area (Å²) in [5.74, 6) is 0.892. The monoisotopic (exact) mass is 294 g/mol. The molecule has 0 saturated heterocycles. The second kappa shape index (κ2) is 5.56. The molecule has 0 spiro atoms. The first-order valence-corrected chi connectivity index (χ1v) is 7.12. The predicted octanol–water partition coefficient (Wildman–Crippen LogP) is 3.41. The van der Waals surface area contributed by atoms with E-state index in [1.165, 1.54) is 0 Å². The Morgan fingerprint density at radius 2 is 1.82 bits per heavy atom. The second-order valence-corrected chi connectivity index (χ2v) is 5.39. The number of allylic oxidation sites excluding steroid dienone is 1. The number of ketones is 1. The van der Waals surface area contributed by atoms with Gasteiger partial charge in [-0.15, -0.1) is 0 Å². The Bertz CT molecular complexity index is 746. The number of benzene rings is 2. The van der Waals surface area contributed by atoms with Gasteiger partial charge >= 0.3 is 0 Å². The first kappa shape index (κ1) is 14.2. The van der Waals surface area contributed by atoms with Gasteiger partial charge in [0.15, 0.2) is 5.76 Å². The van der Waals surface area contributed by atoms with E-state index in [1.54, 1.807) is 12.1 Å². The van der Waals surface area contributed by atoms with Crippen LogP contribution in [0.4, 0.5) is 11.4 Å². The van der Waals surface area contributed by atoms with Gasteiger partial charge in [0.25, 0.3) is 0 Å². The van der Waals surface area contributed by atoms with Crippen molar-refractivity contribution in [3.63, 3.8) is 0 Å². The average molecular weight is 294 g/mol. The van der Waals surface area contributed by atoms with Gasteiger partial charge in [0, 0.05) is 38.6 Å². The zero-order valence-electron chi connectivity index (χ0n) is 12.9. The number of anilines is 2. The van der Waals surface area contributed by atoms with E-state index in [0.29, 0.717) is 17.1 Å². The molecule has 0 atom stereocenters. The number of nitrogens with zero attached hydrogens (tertiary/aromatic N) is 1. The van der Waals surface area contributed by atoms with Crippen LogP contribution in [0.3, 0.4) is 0 Å². The zero-order valence-corrected chi connectivity index (χ0v) is 12.9. The van der Waals surface area contributed by atoms with Crippen molar-refractivity contribution in [2.24, 2.45) is 0 Å². The maximum atomic E-state index is 12.4. The third kappa shape index (κ3) is 2.55. The van der Waals surface area contributed by atoms with Crippen molar-refractivity contribution in [1.29, 1.82) is 0 Å². The molecule has 3 rings (SSSR count). The van der Waals surface area contributed by atoms with Crippen LogP contribution in [-0.2, 0) is 0 Å². The molecule has 4 nitrogen and oxygen atoms in total. The Kier molecular flexibility index (Phi) is 3.59. The summed E-state index contributed by atoms with van der Waals surface area (Å²) < 4.78 is 5.70. The molecule has 1 N–H and O–H groups in total. The molecule has 0 aliphatic carbocycles. The number of nitrogens with one attached hydrogen (secondary N) is 1. The van der Waals surface area contributed by atoms with Crippen LogP contribution in [-0.4, -0.2) is 26.9 Å². The number of carbonyl (C=O) groups excluding carboxylic acids is 1. The van der Waals surface area contributed by atoms with E-state index in [0.717, 1.165) is 16.9 Å². The van der Waals surface area contributed by atoms with Gasteiger partial charge < -0.3 is 15.0 Å². The molecule has 2 aromatic carbocycles. The molecule has 1 aliphatic rings. The number of fused-ring (bicyclic) bond motifs is 1. The van der Waals surface area contributed by atoms with E-state index >= 15 is 0 Å². The molecule has 0 saturated carbocycles. The third-order valence-corrected chi connectivity index (χ3v) is 3.67. The van der Waals surface area contributed by atoms with Gasteiger partial charge in [-0.25, -0.2) is 0 Å². The minimum atomic E-state index is -0.0747. The maximum absolute atomic E-state index is 12.4. The zero-order chi connectivity index (χ0) is 15.7. The first-order valence-electron chi connectivity index (χ1n) is 7.12.